The van der Waals surface area contributed by atoms with E-state index < -0.39 is 0 Å². The van der Waals surface area contributed by atoms with Gasteiger partial charge in [0.25, 0.3) is 0 Å². The molecular formula is C11H23NO2. The van der Waals surface area contributed by atoms with Crippen LogP contribution in [0.1, 0.15) is 39.0 Å². The van der Waals surface area contributed by atoms with Crippen molar-refractivity contribution < 1.29 is 9.84 Å². The van der Waals surface area contributed by atoms with E-state index in [4.69, 9.17) is 4.74 Å². The highest BCUT2D eigenvalue weighted by Crippen LogP contribution is 2.19. The molecule has 0 heterocycles. The Morgan fingerprint density at radius 3 is 2.79 bits per heavy atom. The molecule has 3 nitrogen and oxygen atoms in total. The molecule has 1 rings (SSSR count). The van der Waals surface area contributed by atoms with E-state index in [0.29, 0.717) is 12.1 Å². The number of ether oxygens (including phenoxy) is 1. The van der Waals surface area contributed by atoms with E-state index >= 15 is 0 Å². The summed E-state index contributed by atoms with van der Waals surface area (Å²) in [5.41, 5.74) is 0. The van der Waals surface area contributed by atoms with Gasteiger partial charge in [0.1, 0.15) is 0 Å². The van der Waals surface area contributed by atoms with E-state index in [1.165, 1.54) is 0 Å². The van der Waals surface area contributed by atoms with Gasteiger partial charge in [-0.15, -0.1) is 0 Å². The third-order valence-corrected chi connectivity index (χ3v) is 2.93. The van der Waals surface area contributed by atoms with Crippen molar-refractivity contribution in [2.24, 2.45) is 0 Å². The summed E-state index contributed by atoms with van der Waals surface area (Å²) in [6.07, 6.45) is 5.33. The van der Waals surface area contributed by atoms with Gasteiger partial charge in [-0.05, 0) is 25.7 Å². The van der Waals surface area contributed by atoms with Gasteiger partial charge < -0.3 is 15.2 Å². The molecule has 0 aliphatic heterocycles. The summed E-state index contributed by atoms with van der Waals surface area (Å²) in [7, 11) is 1.73. The van der Waals surface area contributed by atoms with E-state index in [9.17, 15) is 5.11 Å². The van der Waals surface area contributed by atoms with Crippen molar-refractivity contribution in [1.82, 2.24) is 5.32 Å². The molecule has 14 heavy (non-hydrogen) atoms. The van der Waals surface area contributed by atoms with Gasteiger partial charge in [-0.25, -0.2) is 0 Å². The minimum Gasteiger partial charge on any atom is -0.392 e. The number of nitrogens with one attached hydrogen (secondary N) is 1. The van der Waals surface area contributed by atoms with Gasteiger partial charge in [0.05, 0.1) is 12.7 Å². The average molecular weight is 201 g/mol. The molecule has 2 N–H and O–H groups in total. The Balaban J connectivity index is 2.29. The number of aliphatic hydroxyl groups is 1. The van der Waals surface area contributed by atoms with Crippen LogP contribution in [0.5, 0.6) is 0 Å². The molecule has 1 aliphatic carbocycles. The van der Waals surface area contributed by atoms with Crippen LogP contribution in [-0.2, 0) is 4.74 Å². The van der Waals surface area contributed by atoms with Gasteiger partial charge in [-0.3, -0.25) is 0 Å². The first-order valence-corrected chi connectivity index (χ1v) is 5.71. The summed E-state index contributed by atoms with van der Waals surface area (Å²) in [4.78, 5) is 0. The average Bonchev–Trinajstić information content (AvgIpc) is 2.53. The first kappa shape index (κ1) is 12.0. The quantitative estimate of drug-likeness (QED) is 0.680. The summed E-state index contributed by atoms with van der Waals surface area (Å²) >= 11 is 0. The Bertz CT molecular complexity index is 146. The van der Waals surface area contributed by atoms with Gasteiger partial charge in [0.15, 0.2) is 0 Å². The summed E-state index contributed by atoms with van der Waals surface area (Å²) < 4.78 is 5.16. The van der Waals surface area contributed by atoms with Crippen molar-refractivity contribution in [3.05, 3.63) is 0 Å². The van der Waals surface area contributed by atoms with Gasteiger partial charge >= 0.3 is 0 Å². The van der Waals surface area contributed by atoms with Crippen LogP contribution < -0.4 is 5.32 Å². The maximum Gasteiger partial charge on any atom is 0.0693 e. The lowest BCUT2D eigenvalue weighted by Gasteiger charge is -2.24. The zero-order valence-corrected chi connectivity index (χ0v) is 9.33. The van der Waals surface area contributed by atoms with Crippen LogP contribution in [0, 0.1) is 0 Å². The second kappa shape index (κ2) is 6.38. The Morgan fingerprint density at radius 1 is 1.50 bits per heavy atom. The molecule has 0 spiro atoms. The summed E-state index contributed by atoms with van der Waals surface area (Å²) in [5.74, 6) is 0. The molecule has 1 aliphatic rings. The predicted molar refractivity (Wildman–Crippen MR) is 57.4 cm³/mol. The molecular weight excluding hydrogens is 178 g/mol. The van der Waals surface area contributed by atoms with Crippen molar-refractivity contribution in [3.8, 4) is 0 Å². The van der Waals surface area contributed by atoms with E-state index in [2.05, 4.69) is 12.2 Å². The van der Waals surface area contributed by atoms with Crippen LogP contribution >= 0.6 is 0 Å². The maximum atomic E-state index is 9.67. The van der Waals surface area contributed by atoms with Gasteiger partial charge in [0.2, 0.25) is 0 Å². The molecule has 0 amide bonds. The van der Waals surface area contributed by atoms with Gasteiger partial charge in [-0.1, -0.05) is 13.3 Å². The van der Waals surface area contributed by atoms with E-state index in [1.54, 1.807) is 7.11 Å². The number of rotatable bonds is 6. The fourth-order valence-corrected chi connectivity index (χ4v) is 2.20. The third kappa shape index (κ3) is 3.56. The number of hydrogen-bond donors (Lipinski definition) is 2. The largest absolute Gasteiger partial charge is 0.392 e. The topological polar surface area (TPSA) is 41.5 Å². The van der Waals surface area contributed by atoms with Crippen molar-refractivity contribution >= 4 is 0 Å². The van der Waals surface area contributed by atoms with Gasteiger partial charge in [0, 0.05) is 19.2 Å². The van der Waals surface area contributed by atoms with Crippen molar-refractivity contribution in [2.75, 3.05) is 13.7 Å². The van der Waals surface area contributed by atoms with Crippen molar-refractivity contribution in [3.63, 3.8) is 0 Å². The summed E-state index contributed by atoms with van der Waals surface area (Å²) in [6.45, 7) is 2.92. The van der Waals surface area contributed by atoms with Crippen molar-refractivity contribution in [2.45, 2.75) is 57.2 Å². The highest BCUT2D eigenvalue weighted by Gasteiger charge is 2.26. The van der Waals surface area contributed by atoms with Crippen LogP contribution in [0.25, 0.3) is 0 Å². The van der Waals surface area contributed by atoms with Crippen LogP contribution in [0.15, 0.2) is 0 Å². The van der Waals surface area contributed by atoms with Crippen LogP contribution in [0.4, 0.5) is 0 Å². The summed E-state index contributed by atoms with van der Waals surface area (Å²) in [6, 6.07) is 0.699. The minimum atomic E-state index is -0.147. The number of hydrogen-bond acceptors (Lipinski definition) is 3. The lowest BCUT2D eigenvalue weighted by molar-refractivity contribution is 0.115. The maximum absolute atomic E-state index is 9.67. The zero-order chi connectivity index (χ0) is 10.4. The van der Waals surface area contributed by atoms with E-state index in [-0.39, 0.29) is 6.10 Å². The molecule has 1 fully saturated rings. The summed E-state index contributed by atoms with van der Waals surface area (Å²) in [5, 5.41) is 13.2. The van der Waals surface area contributed by atoms with Crippen LogP contribution in [0.2, 0.25) is 0 Å². The molecule has 84 valence electrons. The Kier molecular flexibility index (Phi) is 5.45. The number of methoxy groups -OCH3 is 1. The smallest absolute Gasteiger partial charge is 0.0693 e. The second-order valence-electron chi connectivity index (χ2n) is 4.21. The number of aliphatic hydroxyl groups excluding tert-OH is 1. The lowest BCUT2D eigenvalue weighted by Crippen LogP contribution is -2.44. The molecule has 0 bridgehead atoms. The van der Waals surface area contributed by atoms with E-state index in [0.717, 1.165) is 38.7 Å². The van der Waals surface area contributed by atoms with Crippen molar-refractivity contribution in [1.29, 1.82) is 0 Å². The third-order valence-electron chi connectivity index (χ3n) is 2.93. The zero-order valence-electron chi connectivity index (χ0n) is 9.33. The standard InChI is InChI=1S/C11H23NO2/c1-3-5-9(8-14-2)12-10-6-4-7-11(10)13/h9-13H,3-8H2,1-2H3. The normalized spacial score (nSPS) is 29.4. The van der Waals surface area contributed by atoms with E-state index in [1.807, 2.05) is 0 Å². The minimum absolute atomic E-state index is 0.147. The van der Waals surface area contributed by atoms with Gasteiger partial charge in [-0.2, -0.15) is 0 Å². The molecule has 1 saturated carbocycles. The molecule has 3 heteroatoms. The molecule has 3 atom stereocenters. The Hall–Kier alpha value is -0.120. The van der Waals surface area contributed by atoms with Crippen LogP contribution in [0.3, 0.4) is 0 Å². The first-order valence-electron chi connectivity index (χ1n) is 5.71. The lowest BCUT2D eigenvalue weighted by atomic mass is 10.1. The first-order chi connectivity index (χ1) is 6.77. The highest BCUT2D eigenvalue weighted by atomic mass is 16.5. The molecule has 0 radical (unpaired) electrons. The predicted octanol–water partition coefficient (Wildman–Crippen LogP) is 1.30. The molecule has 0 aromatic heterocycles. The highest BCUT2D eigenvalue weighted by molar-refractivity contribution is 4.85. The molecule has 0 aromatic carbocycles. The molecule has 0 saturated heterocycles. The second-order valence-corrected chi connectivity index (χ2v) is 4.21. The Morgan fingerprint density at radius 2 is 2.29 bits per heavy atom. The monoisotopic (exact) mass is 201 g/mol. The SMILES string of the molecule is CCCC(COC)NC1CCCC1O. The van der Waals surface area contributed by atoms with Crippen LogP contribution in [-0.4, -0.2) is 37.0 Å². The fourth-order valence-electron chi connectivity index (χ4n) is 2.20. The molecule has 3 unspecified atom stereocenters. The Labute approximate surface area is 86.8 Å². The molecule has 0 aromatic rings. The fraction of sp³-hybridized carbons (Fsp3) is 1.00.